The molecule has 30 heavy (non-hydrogen) atoms. The molecule has 2 aromatic carbocycles. The molecule has 0 saturated carbocycles. The molecule has 0 aliphatic carbocycles. The molecule has 0 amide bonds. The molecule has 154 valence electrons. The van der Waals surface area contributed by atoms with E-state index in [2.05, 4.69) is 4.98 Å². The lowest BCUT2D eigenvalue weighted by Crippen LogP contribution is -2.41. The summed E-state index contributed by atoms with van der Waals surface area (Å²) in [5, 5.41) is 0. The van der Waals surface area contributed by atoms with E-state index in [0.29, 0.717) is 5.56 Å². The number of ketones is 1. The summed E-state index contributed by atoms with van der Waals surface area (Å²) >= 11 is 0. The van der Waals surface area contributed by atoms with Gasteiger partial charge in [0, 0.05) is 24.5 Å². The number of hydrogen-bond acceptors (Lipinski definition) is 5. The zero-order valence-corrected chi connectivity index (χ0v) is 17.0. The van der Waals surface area contributed by atoms with Crippen molar-refractivity contribution in [3.63, 3.8) is 0 Å². The van der Waals surface area contributed by atoms with Gasteiger partial charge in [-0.15, -0.1) is 0 Å². The maximum Gasteiger partial charge on any atom is 0.310 e. The number of nitrogens with zero attached hydrogens (tertiary/aromatic N) is 2. The summed E-state index contributed by atoms with van der Waals surface area (Å²) in [7, 11) is 0. The van der Waals surface area contributed by atoms with Crippen molar-refractivity contribution < 1.29 is 19.1 Å². The van der Waals surface area contributed by atoms with Gasteiger partial charge >= 0.3 is 5.97 Å². The number of imidazole rings is 1. The molecule has 0 unspecified atom stereocenters. The second kappa shape index (κ2) is 9.31. The van der Waals surface area contributed by atoms with E-state index in [-0.39, 0.29) is 24.6 Å². The maximum atomic E-state index is 13.2. The number of ether oxygens (including phenoxy) is 1. The van der Waals surface area contributed by atoms with Gasteiger partial charge in [0.15, 0.2) is 11.6 Å². The Morgan fingerprint density at radius 3 is 2.33 bits per heavy atom. The summed E-state index contributed by atoms with van der Waals surface area (Å²) in [6.07, 6.45) is 3.75. The standard InChI is InChI=1S/C24H24N2O4/c1-3-30-23(29)20(24(2,17-27)18-10-6-4-7-11-18)16-21(28)22-25-14-15-26(22)19-12-8-5-9-13-19/h4-15,17,20H,3,16H2,1-2H3/t20-,24+/m0/s1. The summed E-state index contributed by atoms with van der Waals surface area (Å²) < 4.78 is 6.90. The Hall–Kier alpha value is -3.54. The van der Waals surface area contributed by atoms with Gasteiger partial charge in [-0.1, -0.05) is 48.5 Å². The van der Waals surface area contributed by atoms with Crippen molar-refractivity contribution in [3.8, 4) is 5.69 Å². The molecule has 0 fully saturated rings. The number of para-hydroxylation sites is 1. The van der Waals surface area contributed by atoms with Crippen LogP contribution in [0.5, 0.6) is 0 Å². The quantitative estimate of drug-likeness (QED) is 0.308. The highest BCUT2D eigenvalue weighted by atomic mass is 16.5. The van der Waals surface area contributed by atoms with Gasteiger partial charge in [0.2, 0.25) is 0 Å². The molecule has 0 spiro atoms. The smallest absolute Gasteiger partial charge is 0.310 e. The first kappa shape index (κ1) is 21.2. The van der Waals surface area contributed by atoms with Crippen LogP contribution >= 0.6 is 0 Å². The second-order valence-corrected chi connectivity index (χ2v) is 7.15. The van der Waals surface area contributed by atoms with Gasteiger partial charge in [0.25, 0.3) is 0 Å². The number of hydrogen-bond donors (Lipinski definition) is 0. The van der Waals surface area contributed by atoms with Crippen LogP contribution in [0.15, 0.2) is 73.1 Å². The van der Waals surface area contributed by atoms with E-state index in [0.717, 1.165) is 12.0 Å². The molecule has 6 nitrogen and oxygen atoms in total. The van der Waals surface area contributed by atoms with Crippen LogP contribution < -0.4 is 0 Å². The monoisotopic (exact) mass is 404 g/mol. The summed E-state index contributed by atoms with van der Waals surface area (Å²) in [6.45, 7) is 3.51. The molecule has 1 heterocycles. The molecule has 3 rings (SSSR count). The third kappa shape index (κ3) is 4.22. The number of rotatable bonds is 9. The van der Waals surface area contributed by atoms with Crippen molar-refractivity contribution in [3.05, 3.63) is 84.4 Å². The Morgan fingerprint density at radius 1 is 1.10 bits per heavy atom. The number of benzene rings is 2. The average Bonchev–Trinajstić information content (AvgIpc) is 3.28. The lowest BCUT2D eigenvalue weighted by molar-refractivity contribution is -0.151. The number of carbonyl (C=O) groups is 3. The van der Waals surface area contributed by atoms with Gasteiger partial charge < -0.3 is 9.53 Å². The average molecular weight is 404 g/mol. The van der Waals surface area contributed by atoms with E-state index in [4.69, 9.17) is 4.74 Å². The highest BCUT2D eigenvalue weighted by Gasteiger charge is 2.43. The van der Waals surface area contributed by atoms with Crippen molar-refractivity contribution in [1.82, 2.24) is 9.55 Å². The molecule has 0 saturated heterocycles. The Morgan fingerprint density at radius 2 is 1.73 bits per heavy atom. The van der Waals surface area contributed by atoms with Gasteiger partial charge in [-0.3, -0.25) is 14.2 Å². The van der Waals surface area contributed by atoms with E-state index >= 15 is 0 Å². The molecule has 0 aliphatic heterocycles. The summed E-state index contributed by atoms with van der Waals surface area (Å²) in [5.74, 6) is -1.70. The van der Waals surface area contributed by atoms with Crippen LogP contribution in [0.2, 0.25) is 0 Å². The number of Topliss-reactive ketones (excluding diaryl/α,β-unsaturated/α-hetero) is 1. The van der Waals surface area contributed by atoms with Crippen molar-refractivity contribution in [2.24, 2.45) is 5.92 Å². The first-order valence-corrected chi connectivity index (χ1v) is 9.81. The van der Waals surface area contributed by atoms with Crippen LogP contribution in [0.3, 0.4) is 0 Å². The highest BCUT2D eigenvalue weighted by Crippen LogP contribution is 2.34. The summed E-state index contributed by atoms with van der Waals surface area (Å²) in [6, 6.07) is 18.3. The minimum atomic E-state index is -1.21. The topological polar surface area (TPSA) is 78.3 Å². The van der Waals surface area contributed by atoms with Crippen molar-refractivity contribution >= 4 is 18.0 Å². The first-order valence-electron chi connectivity index (χ1n) is 9.81. The van der Waals surface area contributed by atoms with E-state index in [1.165, 1.54) is 6.20 Å². The van der Waals surface area contributed by atoms with Crippen LogP contribution in [-0.2, 0) is 19.7 Å². The molecule has 0 radical (unpaired) electrons. The minimum Gasteiger partial charge on any atom is -0.466 e. The van der Waals surface area contributed by atoms with Gasteiger partial charge in [0.1, 0.15) is 6.29 Å². The highest BCUT2D eigenvalue weighted by molar-refractivity contribution is 5.97. The molecule has 0 bridgehead atoms. The van der Waals surface area contributed by atoms with Crippen LogP contribution in [0, 0.1) is 5.92 Å². The Labute approximate surface area is 175 Å². The Kier molecular flexibility index (Phi) is 6.57. The molecular formula is C24H24N2O4. The van der Waals surface area contributed by atoms with Gasteiger partial charge in [-0.05, 0) is 31.5 Å². The Bertz CT molecular complexity index is 1010. The van der Waals surface area contributed by atoms with Crippen LogP contribution in [0.1, 0.15) is 36.5 Å². The van der Waals surface area contributed by atoms with E-state index < -0.39 is 17.3 Å². The lowest BCUT2D eigenvalue weighted by Gasteiger charge is -2.31. The summed E-state index contributed by atoms with van der Waals surface area (Å²) in [4.78, 5) is 42.4. The SMILES string of the molecule is CCOC(=O)[C@H](CC(=O)c1nccn1-c1ccccc1)[C@](C)(C=O)c1ccccc1. The van der Waals surface area contributed by atoms with E-state index in [9.17, 15) is 14.4 Å². The van der Waals surface area contributed by atoms with Gasteiger partial charge in [-0.2, -0.15) is 0 Å². The lowest BCUT2D eigenvalue weighted by atomic mass is 9.70. The summed E-state index contributed by atoms with van der Waals surface area (Å²) in [5.41, 5.74) is 0.220. The number of esters is 1. The van der Waals surface area contributed by atoms with Crippen LogP contribution in [-0.4, -0.2) is 34.2 Å². The number of aromatic nitrogens is 2. The molecule has 0 N–H and O–H groups in total. The van der Waals surface area contributed by atoms with Crippen LogP contribution in [0.25, 0.3) is 5.69 Å². The second-order valence-electron chi connectivity index (χ2n) is 7.15. The predicted octanol–water partition coefficient (Wildman–Crippen LogP) is 3.78. The molecule has 1 aromatic heterocycles. The first-order chi connectivity index (χ1) is 14.5. The molecule has 2 atom stereocenters. The van der Waals surface area contributed by atoms with Gasteiger partial charge in [0.05, 0.1) is 17.9 Å². The zero-order chi connectivity index (χ0) is 21.6. The molecule has 0 aliphatic rings. The van der Waals surface area contributed by atoms with Crippen molar-refractivity contribution in [2.45, 2.75) is 25.7 Å². The minimum absolute atomic E-state index is 0.159. The maximum absolute atomic E-state index is 13.2. The molecule has 6 heteroatoms. The predicted molar refractivity (Wildman–Crippen MR) is 112 cm³/mol. The van der Waals surface area contributed by atoms with Gasteiger partial charge in [-0.25, -0.2) is 4.98 Å². The normalized spacial score (nSPS) is 13.8. The van der Waals surface area contributed by atoms with Crippen molar-refractivity contribution in [2.75, 3.05) is 6.61 Å². The van der Waals surface area contributed by atoms with E-state index in [1.807, 2.05) is 36.4 Å². The Balaban J connectivity index is 1.97. The molecule has 3 aromatic rings. The van der Waals surface area contributed by atoms with Crippen LogP contribution in [0.4, 0.5) is 0 Å². The number of carbonyl (C=O) groups excluding carboxylic acids is 3. The fraction of sp³-hybridized carbons (Fsp3) is 0.250. The third-order valence-corrected chi connectivity index (χ3v) is 5.25. The van der Waals surface area contributed by atoms with E-state index in [1.54, 1.807) is 48.9 Å². The van der Waals surface area contributed by atoms with Crippen molar-refractivity contribution in [1.29, 1.82) is 0 Å². The number of aldehydes is 1. The molecular weight excluding hydrogens is 380 g/mol. The zero-order valence-electron chi connectivity index (χ0n) is 17.0. The fourth-order valence-electron chi connectivity index (χ4n) is 3.52. The fourth-order valence-corrected chi connectivity index (χ4v) is 3.52. The largest absolute Gasteiger partial charge is 0.466 e. The third-order valence-electron chi connectivity index (χ3n) is 5.25.